The van der Waals surface area contributed by atoms with Gasteiger partial charge in [0.15, 0.2) is 0 Å². The molecular formula is C16H23ClF3N5OS. The quantitative estimate of drug-likeness (QED) is 0.760. The summed E-state index contributed by atoms with van der Waals surface area (Å²) in [4.78, 5) is 1.85. The van der Waals surface area contributed by atoms with Gasteiger partial charge in [-0.3, -0.25) is 4.90 Å². The van der Waals surface area contributed by atoms with Crippen molar-refractivity contribution in [3.8, 4) is 0 Å². The zero-order valence-corrected chi connectivity index (χ0v) is 16.2. The number of rotatable bonds is 5. The fraction of sp³-hybridized carbons (Fsp3) is 0.500. The van der Waals surface area contributed by atoms with Crippen molar-refractivity contribution in [2.45, 2.75) is 37.8 Å². The SMILES string of the molecule is Cl.N[C@H](Cc1ccccc1)[C@@H](O)CN1CCn2c(nnc2C(F)(F)F)C1.S. The predicted octanol–water partition coefficient (Wildman–Crippen LogP) is 1.58. The second kappa shape index (κ2) is 9.74. The molecule has 3 N–H and O–H groups in total. The minimum atomic E-state index is -4.51. The van der Waals surface area contributed by atoms with Gasteiger partial charge < -0.3 is 15.4 Å². The summed E-state index contributed by atoms with van der Waals surface area (Å²) in [7, 11) is 0. The molecule has 6 nitrogen and oxygen atoms in total. The topological polar surface area (TPSA) is 80.2 Å². The lowest BCUT2D eigenvalue weighted by molar-refractivity contribution is -0.148. The van der Waals surface area contributed by atoms with Crippen LogP contribution in [0.1, 0.15) is 17.2 Å². The number of alkyl halides is 3. The van der Waals surface area contributed by atoms with Crippen molar-refractivity contribution in [3.63, 3.8) is 0 Å². The van der Waals surface area contributed by atoms with Gasteiger partial charge >= 0.3 is 6.18 Å². The van der Waals surface area contributed by atoms with Crippen LogP contribution in [-0.4, -0.2) is 50.0 Å². The largest absolute Gasteiger partial charge is 0.451 e. The normalized spacial score (nSPS) is 16.6. The number of halogens is 4. The Hall–Kier alpha value is -1.33. The van der Waals surface area contributed by atoms with Crippen molar-refractivity contribution < 1.29 is 18.3 Å². The summed E-state index contributed by atoms with van der Waals surface area (Å²) in [5.41, 5.74) is 7.09. The number of aliphatic hydroxyl groups excluding tert-OH is 1. The predicted molar refractivity (Wildman–Crippen MR) is 102 cm³/mol. The van der Waals surface area contributed by atoms with Gasteiger partial charge in [0.1, 0.15) is 5.82 Å². The number of hydrogen-bond donors (Lipinski definition) is 2. The number of aromatic nitrogens is 3. The molecule has 0 fully saturated rings. The highest BCUT2D eigenvalue weighted by atomic mass is 35.5. The Labute approximate surface area is 168 Å². The zero-order chi connectivity index (χ0) is 18.0. The highest BCUT2D eigenvalue weighted by Gasteiger charge is 2.39. The molecule has 152 valence electrons. The number of aliphatic hydroxyl groups is 1. The number of nitrogens with zero attached hydrogens (tertiary/aromatic N) is 4. The Morgan fingerprint density at radius 3 is 2.44 bits per heavy atom. The van der Waals surface area contributed by atoms with E-state index in [1.165, 1.54) is 0 Å². The van der Waals surface area contributed by atoms with Gasteiger partial charge in [-0.15, -0.1) is 22.6 Å². The Bertz CT molecular complexity index is 716. The van der Waals surface area contributed by atoms with E-state index in [4.69, 9.17) is 5.73 Å². The third-order valence-corrected chi connectivity index (χ3v) is 4.34. The van der Waals surface area contributed by atoms with Crippen molar-refractivity contribution in [1.82, 2.24) is 19.7 Å². The summed E-state index contributed by atoms with van der Waals surface area (Å²) in [5, 5.41) is 17.2. The number of fused-ring (bicyclic) bond motifs is 1. The Morgan fingerprint density at radius 2 is 1.81 bits per heavy atom. The molecule has 0 saturated heterocycles. The second-order valence-corrected chi connectivity index (χ2v) is 6.25. The molecule has 2 atom stereocenters. The molecule has 1 aliphatic heterocycles. The van der Waals surface area contributed by atoms with Gasteiger partial charge in [-0.05, 0) is 12.0 Å². The molecule has 0 spiro atoms. The second-order valence-electron chi connectivity index (χ2n) is 6.25. The molecule has 2 heterocycles. The molecular weight excluding hydrogens is 403 g/mol. The minimum Gasteiger partial charge on any atom is -0.390 e. The fourth-order valence-electron chi connectivity index (χ4n) is 3.00. The first-order valence-electron chi connectivity index (χ1n) is 8.04. The maximum Gasteiger partial charge on any atom is 0.451 e. The molecule has 0 amide bonds. The molecule has 1 aromatic carbocycles. The molecule has 0 radical (unpaired) electrons. The van der Waals surface area contributed by atoms with E-state index in [2.05, 4.69) is 10.2 Å². The summed E-state index contributed by atoms with van der Waals surface area (Å²) in [6.07, 6.45) is -4.76. The van der Waals surface area contributed by atoms with Crippen LogP contribution in [0.2, 0.25) is 0 Å². The van der Waals surface area contributed by atoms with E-state index in [0.29, 0.717) is 13.0 Å². The standard InChI is InChI=1S/C16H20F3N5O.ClH.H2S/c17-16(18,19)15-22-21-14-10-23(6-7-24(14)15)9-13(25)12(20)8-11-4-2-1-3-5-11;;/h1-5,12-13,25H,6-10,20H2;1H;1H2/t12-,13+;;/m1../s1. The van der Waals surface area contributed by atoms with Crippen LogP contribution < -0.4 is 5.73 Å². The molecule has 0 aliphatic carbocycles. The summed E-state index contributed by atoms with van der Waals surface area (Å²) < 4.78 is 39.6. The van der Waals surface area contributed by atoms with Crippen LogP contribution in [0, 0.1) is 0 Å². The molecule has 11 heteroatoms. The van der Waals surface area contributed by atoms with Crippen LogP contribution in [0.25, 0.3) is 0 Å². The van der Waals surface area contributed by atoms with Gasteiger partial charge in [0, 0.05) is 25.7 Å². The molecule has 0 unspecified atom stereocenters. The van der Waals surface area contributed by atoms with Crippen LogP contribution in [-0.2, 0) is 25.7 Å². The molecule has 0 saturated carbocycles. The first kappa shape index (κ1) is 23.7. The average Bonchev–Trinajstić information content (AvgIpc) is 2.99. The van der Waals surface area contributed by atoms with E-state index in [9.17, 15) is 18.3 Å². The Balaban J connectivity index is 0.00000182. The molecule has 0 bridgehead atoms. The fourth-order valence-corrected chi connectivity index (χ4v) is 3.00. The monoisotopic (exact) mass is 425 g/mol. The first-order chi connectivity index (χ1) is 11.8. The van der Waals surface area contributed by atoms with Crippen molar-refractivity contribution >= 4 is 25.9 Å². The van der Waals surface area contributed by atoms with E-state index in [1.807, 2.05) is 35.2 Å². The molecule has 27 heavy (non-hydrogen) atoms. The molecule has 1 aromatic heterocycles. The maximum atomic E-state index is 12.8. The number of hydrogen-bond acceptors (Lipinski definition) is 5. The van der Waals surface area contributed by atoms with Gasteiger partial charge in [-0.1, -0.05) is 30.3 Å². The number of nitrogens with two attached hydrogens (primary N) is 1. The van der Waals surface area contributed by atoms with Gasteiger partial charge in [0.05, 0.1) is 12.6 Å². The lowest BCUT2D eigenvalue weighted by atomic mass is 10.0. The van der Waals surface area contributed by atoms with Crippen molar-refractivity contribution in [2.75, 3.05) is 13.1 Å². The van der Waals surface area contributed by atoms with Crippen LogP contribution in [0.3, 0.4) is 0 Å². The van der Waals surface area contributed by atoms with Gasteiger partial charge in [-0.25, -0.2) is 0 Å². The molecule has 3 rings (SSSR count). The smallest absolute Gasteiger partial charge is 0.390 e. The maximum absolute atomic E-state index is 12.8. The van der Waals surface area contributed by atoms with E-state index < -0.39 is 24.1 Å². The number of benzene rings is 1. The van der Waals surface area contributed by atoms with Gasteiger partial charge in [0.25, 0.3) is 0 Å². The lowest BCUT2D eigenvalue weighted by Gasteiger charge is -2.31. The summed E-state index contributed by atoms with van der Waals surface area (Å²) in [6.45, 7) is 1.00. The third-order valence-electron chi connectivity index (χ3n) is 4.34. The van der Waals surface area contributed by atoms with Gasteiger partial charge in [0.2, 0.25) is 5.82 Å². The molecule has 2 aromatic rings. The van der Waals surface area contributed by atoms with Crippen LogP contribution in [0.5, 0.6) is 0 Å². The lowest BCUT2D eigenvalue weighted by Crippen LogP contribution is -2.46. The Kier molecular flexibility index (Phi) is 8.55. The van der Waals surface area contributed by atoms with Gasteiger partial charge in [-0.2, -0.15) is 26.7 Å². The summed E-state index contributed by atoms with van der Waals surface area (Å²) >= 11 is 0. The van der Waals surface area contributed by atoms with Crippen LogP contribution in [0.15, 0.2) is 30.3 Å². The first-order valence-corrected chi connectivity index (χ1v) is 8.04. The van der Waals surface area contributed by atoms with E-state index >= 15 is 0 Å². The van der Waals surface area contributed by atoms with Crippen molar-refractivity contribution in [2.24, 2.45) is 5.73 Å². The Morgan fingerprint density at radius 1 is 1.15 bits per heavy atom. The molecule has 1 aliphatic rings. The number of β-amino-alcohol motifs (C(OH)–C–C–N with tert-alkyl or cyclic N) is 1. The summed E-state index contributed by atoms with van der Waals surface area (Å²) in [6, 6.07) is 9.15. The van der Waals surface area contributed by atoms with Crippen molar-refractivity contribution in [3.05, 3.63) is 47.5 Å². The van der Waals surface area contributed by atoms with Crippen LogP contribution >= 0.6 is 25.9 Å². The van der Waals surface area contributed by atoms with E-state index in [-0.39, 0.29) is 51.4 Å². The van der Waals surface area contributed by atoms with Crippen molar-refractivity contribution in [1.29, 1.82) is 0 Å². The van der Waals surface area contributed by atoms with E-state index in [1.54, 1.807) is 0 Å². The van der Waals surface area contributed by atoms with E-state index in [0.717, 1.165) is 10.1 Å². The summed E-state index contributed by atoms with van der Waals surface area (Å²) in [5.74, 6) is -0.717. The highest BCUT2D eigenvalue weighted by molar-refractivity contribution is 7.59. The van der Waals surface area contributed by atoms with Crippen LogP contribution in [0.4, 0.5) is 13.2 Å². The highest BCUT2D eigenvalue weighted by Crippen LogP contribution is 2.29. The third kappa shape index (κ3) is 5.82. The minimum absolute atomic E-state index is 0. The zero-order valence-electron chi connectivity index (χ0n) is 14.4. The average molecular weight is 426 g/mol.